The Bertz CT molecular complexity index is 1040. The quantitative estimate of drug-likeness (QED) is 0.200. The van der Waals surface area contributed by atoms with Gasteiger partial charge >= 0.3 is 0 Å². The van der Waals surface area contributed by atoms with Gasteiger partial charge in [-0.3, -0.25) is 14.4 Å². The number of quaternary nitrogens is 1. The molecule has 2 amide bonds. The van der Waals surface area contributed by atoms with Crippen molar-refractivity contribution in [1.29, 1.82) is 0 Å². The molecule has 0 saturated heterocycles. The van der Waals surface area contributed by atoms with Gasteiger partial charge in [-0.05, 0) is 19.3 Å². The summed E-state index contributed by atoms with van der Waals surface area (Å²) in [4.78, 5) is 38.3. The number of rotatable bonds is 18. The summed E-state index contributed by atoms with van der Waals surface area (Å²) in [5.74, 6) is 0.667. The van der Waals surface area contributed by atoms with Crippen molar-refractivity contribution < 1.29 is 27.3 Å². The number of sulfone groups is 1. The lowest BCUT2D eigenvalue weighted by molar-refractivity contribution is -0.890. The Balaban J connectivity index is 2.45. The molecular formula is C29H50N3O5S2+. The van der Waals surface area contributed by atoms with E-state index in [4.69, 9.17) is 0 Å². The number of thioether (sulfide) groups is 1. The molecule has 0 radical (unpaired) electrons. The van der Waals surface area contributed by atoms with Gasteiger partial charge in [-0.2, -0.15) is 0 Å². The second-order valence-electron chi connectivity index (χ2n) is 12.1. The highest BCUT2D eigenvalue weighted by Crippen LogP contribution is 2.37. The number of carbonyl (C=O) groups excluding carboxylic acids is 3. The molecular weight excluding hydrogens is 534 g/mol. The molecule has 0 spiro atoms. The molecule has 0 saturated carbocycles. The summed E-state index contributed by atoms with van der Waals surface area (Å²) in [7, 11) is 1.18. The molecule has 2 N–H and O–H groups in total. The predicted octanol–water partition coefficient (Wildman–Crippen LogP) is 3.92. The molecule has 1 aromatic rings. The van der Waals surface area contributed by atoms with Gasteiger partial charge in [-0.1, -0.05) is 69.8 Å². The highest BCUT2D eigenvalue weighted by atomic mass is 32.2. The van der Waals surface area contributed by atoms with Crippen LogP contribution in [0.25, 0.3) is 0 Å². The van der Waals surface area contributed by atoms with Crippen LogP contribution >= 0.6 is 11.8 Å². The Hall–Kier alpha value is -1.91. The summed E-state index contributed by atoms with van der Waals surface area (Å²) in [5, 5.41) is 6.07. The highest BCUT2D eigenvalue weighted by molar-refractivity contribution is 8.14. The van der Waals surface area contributed by atoms with E-state index in [9.17, 15) is 22.8 Å². The van der Waals surface area contributed by atoms with E-state index >= 15 is 0 Å². The molecule has 8 nitrogen and oxygen atoms in total. The third-order valence-corrected chi connectivity index (χ3v) is 9.15. The molecule has 0 aliphatic rings. The molecule has 0 aromatic heterocycles. The first-order valence-electron chi connectivity index (χ1n) is 13.8. The van der Waals surface area contributed by atoms with E-state index in [1.54, 1.807) is 12.1 Å². The number of nitrogens with zero attached hydrogens (tertiary/aromatic N) is 1. The van der Waals surface area contributed by atoms with Crippen molar-refractivity contribution in [2.45, 2.75) is 59.8 Å². The number of hydrogen-bond acceptors (Lipinski definition) is 6. The van der Waals surface area contributed by atoms with Gasteiger partial charge in [-0.15, -0.1) is 0 Å². The number of benzene rings is 1. The molecule has 0 aliphatic heterocycles. The predicted molar refractivity (Wildman–Crippen MR) is 161 cm³/mol. The van der Waals surface area contributed by atoms with Crippen LogP contribution in [-0.4, -0.2) is 87.9 Å². The Morgan fingerprint density at radius 3 is 2.05 bits per heavy atom. The van der Waals surface area contributed by atoms with Crippen LogP contribution in [0.4, 0.5) is 0 Å². The first-order valence-corrected chi connectivity index (χ1v) is 16.8. The summed E-state index contributed by atoms with van der Waals surface area (Å²) in [6.07, 6.45) is 4.37. The zero-order chi connectivity index (χ0) is 29.7. The molecule has 1 unspecified atom stereocenters. The SMILES string of the molecule is CCC(C)(CC(C)(C)C(=O)NCCC[N+](C)(C)CCCS(C)(=O)=O)C(=O)NCCCSC(=O)c1ccccc1. The first-order chi connectivity index (χ1) is 18.0. The van der Waals surface area contributed by atoms with Crippen LogP contribution in [0.15, 0.2) is 30.3 Å². The average molecular weight is 585 g/mol. The molecule has 1 atom stereocenters. The van der Waals surface area contributed by atoms with Gasteiger partial charge in [0.05, 0.1) is 32.9 Å². The second-order valence-corrected chi connectivity index (χ2v) is 15.4. The number of amides is 2. The molecule has 1 rings (SSSR count). The fourth-order valence-corrected chi connectivity index (χ4v) is 5.98. The maximum atomic E-state index is 13.1. The topological polar surface area (TPSA) is 109 Å². The van der Waals surface area contributed by atoms with Crippen LogP contribution in [0.2, 0.25) is 0 Å². The van der Waals surface area contributed by atoms with Crippen molar-refractivity contribution in [3.63, 3.8) is 0 Å². The molecule has 10 heteroatoms. The van der Waals surface area contributed by atoms with Gasteiger partial charge < -0.3 is 15.1 Å². The van der Waals surface area contributed by atoms with Crippen LogP contribution < -0.4 is 10.6 Å². The van der Waals surface area contributed by atoms with E-state index in [0.29, 0.717) is 54.6 Å². The fraction of sp³-hybridized carbons (Fsp3) is 0.690. The van der Waals surface area contributed by atoms with Gasteiger partial charge in [0.2, 0.25) is 16.9 Å². The molecule has 0 fully saturated rings. The molecule has 0 aliphatic carbocycles. The van der Waals surface area contributed by atoms with E-state index in [-0.39, 0.29) is 22.7 Å². The Morgan fingerprint density at radius 1 is 0.897 bits per heavy atom. The summed E-state index contributed by atoms with van der Waals surface area (Å²) >= 11 is 1.26. The zero-order valence-corrected chi connectivity index (χ0v) is 26.6. The lowest BCUT2D eigenvalue weighted by atomic mass is 9.71. The van der Waals surface area contributed by atoms with E-state index < -0.39 is 20.7 Å². The Morgan fingerprint density at radius 2 is 1.46 bits per heavy atom. The van der Waals surface area contributed by atoms with Gasteiger partial charge in [-0.25, -0.2) is 8.42 Å². The molecule has 39 heavy (non-hydrogen) atoms. The van der Waals surface area contributed by atoms with E-state index in [0.717, 1.165) is 19.5 Å². The minimum absolute atomic E-state index is 0.0301. The Labute approximate surface area is 240 Å². The van der Waals surface area contributed by atoms with E-state index in [1.807, 2.05) is 45.9 Å². The highest BCUT2D eigenvalue weighted by Gasteiger charge is 2.40. The van der Waals surface area contributed by atoms with Crippen molar-refractivity contribution in [3.05, 3.63) is 35.9 Å². The normalized spacial score (nSPS) is 13.9. The van der Waals surface area contributed by atoms with Crippen molar-refractivity contribution in [3.8, 4) is 0 Å². The van der Waals surface area contributed by atoms with Gasteiger partial charge in [0, 0.05) is 54.3 Å². The first kappa shape index (κ1) is 35.1. The molecule has 1 aromatic carbocycles. The maximum Gasteiger partial charge on any atom is 0.225 e. The van der Waals surface area contributed by atoms with E-state index in [2.05, 4.69) is 24.7 Å². The van der Waals surface area contributed by atoms with Gasteiger partial charge in [0.1, 0.15) is 9.84 Å². The minimum atomic E-state index is -2.95. The van der Waals surface area contributed by atoms with Crippen LogP contribution in [-0.2, 0) is 19.4 Å². The summed E-state index contributed by atoms with van der Waals surface area (Å²) in [6, 6.07) is 9.16. The maximum absolute atomic E-state index is 13.1. The van der Waals surface area contributed by atoms with Gasteiger partial charge in [0.25, 0.3) is 0 Å². The van der Waals surface area contributed by atoms with Crippen LogP contribution in [0.1, 0.15) is 70.2 Å². The monoisotopic (exact) mass is 584 g/mol. The zero-order valence-electron chi connectivity index (χ0n) is 25.0. The molecule has 0 bridgehead atoms. The van der Waals surface area contributed by atoms with E-state index in [1.165, 1.54) is 18.0 Å². The third-order valence-electron chi connectivity index (χ3n) is 7.13. The van der Waals surface area contributed by atoms with Crippen LogP contribution in [0.3, 0.4) is 0 Å². The summed E-state index contributed by atoms with van der Waals surface area (Å²) in [5.41, 5.74) is -0.732. The lowest BCUT2D eigenvalue weighted by Crippen LogP contribution is -2.47. The lowest BCUT2D eigenvalue weighted by Gasteiger charge is -2.35. The number of nitrogens with one attached hydrogen (secondary N) is 2. The molecule has 222 valence electrons. The average Bonchev–Trinajstić information content (AvgIpc) is 2.85. The van der Waals surface area contributed by atoms with Gasteiger partial charge in [0.15, 0.2) is 0 Å². The number of hydrogen-bond donors (Lipinski definition) is 2. The van der Waals surface area contributed by atoms with Crippen molar-refractivity contribution in [2.24, 2.45) is 10.8 Å². The van der Waals surface area contributed by atoms with Crippen LogP contribution in [0.5, 0.6) is 0 Å². The summed E-state index contributed by atoms with van der Waals surface area (Å²) in [6.45, 7) is 10.2. The third kappa shape index (κ3) is 13.8. The minimum Gasteiger partial charge on any atom is -0.356 e. The standard InChI is InChI=1S/C29H49N3O5S2/c1-8-29(4,27(35)31-18-13-21-38-25(33)24-15-10-9-11-16-24)23-28(2,3)26(34)30-17-12-19-32(5,6)20-14-22-39(7,36)37/h9-11,15-16H,8,12-14,17-23H2,1-7H3,(H-,30,31,34,35)/p+1. The fourth-order valence-electron chi connectivity index (χ4n) is 4.55. The smallest absolute Gasteiger partial charge is 0.225 e. The summed E-state index contributed by atoms with van der Waals surface area (Å²) < 4.78 is 23.4. The Kier molecular flexibility index (Phi) is 14.2. The number of carbonyl (C=O) groups is 3. The molecule has 0 heterocycles. The second kappa shape index (κ2) is 15.8. The largest absolute Gasteiger partial charge is 0.356 e. The van der Waals surface area contributed by atoms with Crippen LogP contribution in [0, 0.1) is 10.8 Å². The van der Waals surface area contributed by atoms with Crippen molar-refractivity contribution in [1.82, 2.24) is 10.6 Å². The van der Waals surface area contributed by atoms with Crippen molar-refractivity contribution in [2.75, 3.05) is 58.0 Å². The van der Waals surface area contributed by atoms with Crippen molar-refractivity contribution >= 4 is 38.5 Å².